The van der Waals surface area contributed by atoms with Crippen LogP contribution in [0.5, 0.6) is 0 Å². The summed E-state index contributed by atoms with van der Waals surface area (Å²) in [5.74, 6) is -0.549. The van der Waals surface area contributed by atoms with Gasteiger partial charge in [0.05, 0.1) is 12.5 Å². The number of amides is 1. The van der Waals surface area contributed by atoms with Gasteiger partial charge in [-0.05, 0) is 24.4 Å². The van der Waals surface area contributed by atoms with Crippen LogP contribution in [0, 0.1) is 5.92 Å². The Kier molecular flexibility index (Phi) is 6.01. The van der Waals surface area contributed by atoms with Crippen molar-refractivity contribution in [1.82, 2.24) is 10.2 Å². The molecular formula is C16H22F3N3O. The van der Waals surface area contributed by atoms with E-state index in [-0.39, 0.29) is 18.4 Å². The highest BCUT2D eigenvalue weighted by molar-refractivity contribution is 5.83. The number of alkyl halides is 3. The van der Waals surface area contributed by atoms with Crippen LogP contribution < -0.4 is 11.1 Å². The van der Waals surface area contributed by atoms with E-state index in [1.807, 2.05) is 30.3 Å². The zero-order valence-corrected chi connectivity index (χ0v) is 12.9. The second-order valence-electron chi connectivity index (χ2n) is 5.95. The van der Waals surface area contributed by atoms with Gasteiger partial charge in [0.2, 0.25) is 5.91 Å². The fourth-order valence-electron chi connectivity index (χ4n) is 2.92. The number of nitrogens with two attached hydrogens (primary N) is 1. The minimum absolute atomic E-state index is 0.0514. The van der Waals surface area contributed by atoms with Gasteiger partial charge >= 0.3 is 6.18 Å². The van der Waals surface area contributed by atoms with E-state index < -0.39 is 18.6 Å². The van der Waals surface area contributed by atoms with E-state index in [0.717, 1.165) is 5.56 Å². The quantitative estimate of drug-likeness (QED) is 0.836. The van der Waals surface area contributed by atoms with E-state index in [0.29, 0.717) is 26.1 Å². The third-order valence-electron chi connectivity index (χ3n) is 4.09. The summed E-state index contributed by atoms with van der Waals surface area (Å²) in [6.45, 7) is 0.474. The van der Waals surface area contributed by atoms with E-state index in [4.69, 9.17) is 5.73 Å². The number of halogens is 3. The first-order valence-corrected chi connectivity index (χ1v) is 7.71. The predicted octanol–water partition coefficient (Wildman–Crippen LogP) is 1.73. The molecule has 0 aliphatic carbocycles. The lowest BCUT2D eigenvalue weighted by molar-refractivity contribution is -0.143. The number of nitrogens with one attached hydrogen (secondary N) is 1. The highest BCUT2D eigenvalue weighted by Gasteiger charge is 2.34. The van der Waals surface area contributed by atoms with Crippen molar-refractivity contribution < 1.29 is 18.0 Å². The molecule has 0 bridgehead atoms. The summed E-state index contributed by atoms with van der Waals surface area (Å²) < 4.78 is 37.1. The average Bonchev–Trinajstić information content (AvgIpc) is 2.92. The molecule has 1 aliphatic heterocycles. The summed E-state index contributed by atoms with van der Waals surface area (Å²) in [4.78, 5) is 13.6. The molecule has 1 fully saturated rings. The minimum Gasteiger partial charge on any atom is -0.355 e. The Bertz CT molecular complexity index is 507. The Morgan fingerprint density at radius 3 is 2.65 bits per heavy atom. The maximum Gasteiger partial charge on any atom is 0.401 e. The van der Waals surface area contributed by atoms with Gasteiger partial charge in [0, 0.05) is 19.6 Å². The smallest absolute Gasteiger partial charge is 0.355 e. The Hall–Kier alpha value is -1.60. The molecule has 1 saturated heterocycles. The molecule has 0 saturated carbocycles. The SMILES string of the molecule is NCC(C(=O)NCC1CCN(CC(F)(F)F)C1)c1ccccc1. The first-order valence-electron chi connectivity index (χ1n) is 7.71. The van der Waals surface area contributed by atoms with Gasteiger partial charge in [0.15, 0.2) is 0 Å². The third kappa shape index (κ3) is 5.51. The molecule has 0 aromatic heterocycles. The summed E-state index contributed by atoms with van der Waals surface area (Å²) in [5.41, 5.74) is 6.53. The van der Waals surface area contributed by atoms with Gasteiger partial charge in [0.25, 0.3) is 0 Å². The molecule has 1 aromatic rings. The molecule has 23 heavy (non-hydrogen) atoms. The molecular weight excluding hydrogens is 307 g/mol. The van der Waals surface area contributed by atoms with Crippen molar-refractivity contribution in [1.29, 1.82) is 0 Å². The molecule has 2 atom stereocenters. The molecule has 2 rings (SSSR count). The van der Waals surface area contributed by atoms with Crippen molar-refractivity contribution in [3.05, 3.63) is 35.9 Å². The summed E-state index contributed by atoms with van der Waals surface area (Å²) in [6.07, 6.45) is -3.51. The normalized spacial score (nSPS) is 20.4. The van der Waals surface area contributed by atoms with E-state index in [1.54, 1.807) is 0 Å². The summed E-state index contributed by atoms with van der Waals surface area (Å²) in [7, 11) is 0. The summed E-state index contributed by atoms with van der Waals surface area (Å²) in [6, 6.07) is 9.24. The highest BCUT2D eigenvalue weighted by atomic mass is 19.4. The van der Waals surface area contributed by atoms with Gasteiger partial charge < -0.3 is 11.1 Å². The number of hydrogen-bond acceptors (Lipinski definition) is 3. The lowest BCUT2D eigenvalue weighted by atomic mass is 9.98. The van der Waals surface area contributed by atoms with Gasteiger partial charge in [-0.25, -0.2) is 0 Å². The fourth-order valence-corrected chi connectivity index (χ4v) is 2.92. The fraction of sp³-hybridized carbons (Fsp3) is 0.562. The van der Waals surface area contributed by atoms with Gasteiger partial charge in [-0.15, -0.1) is 0 Å². The molecule has 2 unspecified atom stereocenters. The molecule has 0 spiro atoms. The van der Waals surface area contributed by atoms with Crippen LogP contribution in [0.4, 0.5) is 13.2 Å². The number of benzene rings is 1. The molecule has 4 nitrogen and oxygen atoms in total. The van der Waals surface area contributed by atoms with Crippen LogP contribution in [0.2, 0.25) is 0 Å². The molecule has 128 valence electrons. The molecule has 1 aromatic carbocycles. The number of carbonyl (C=O) groups is 1. The first kappa shape index (κ1) is 17.7. The number of nitrogens with zero attached hydrogens (tertiary/aromatic N) is 1. The monoisotopic (exact) mass is 329 g/mol. The molecule has 1 amide bonds. The summed E-state index contributed by atoms with van der Waals surface area (Å²) >= 11 is 0. The van der Waals surface area contributed by atoms with Crippen molar-refractivity contribution in [3.63, 3.8) is 0 Å². The van der Waals surface area contributed by atoms with Crippen molar-refractivity contribution in [2.75, 3.05) is 32.7 Å². The van der Waals surface area contributed by atoms with E-state index >= 15 is 0 Å². The Morgan fingerprint density at radius 1 is 1.35 bits per heavy atom. The summed E-state index contributed by atoms with van der Waals surface area (Å²) in [5, 5.41) is 2.83. The predicted molar refractivity (Wildman–Crippen MR) is 81.8 cm³/mol. The van der Waals surface area contributed by atoms with Gasteiger partial charge in [-0.3, -0.25) is 9.69 Å². The lowest BCUT2D eigenvalue weighted by Gasteiger charge is -2.19. The number of likely N-dealkylation sites (tertiary alicyclic amines) is 1. The molecule has 1 heterocycles. The van der Waals surface area contributed by atoms with Crippen molar-refractivity contribution in [2.24, 2.45) is 11.7 Å². The van der Waals surface area contributed by atoms with Gasteiger partial charge in [-0.2, -0.15) is 13.2 Å². The van der Waals surface area contributed by atoms with E-state index in [2.05, 4.69) is 5.32 Å². The number of hydrogen-bond donors (Lipinski definition) is 2. The Balaban J connectivity index is 1.80. The molecule has 0 radical (unpaired) electrons. The van der Waals surface area contributed by atoms with Crippen LogP contribution in [-0.4, -0.2) is 49.7 Å². The zero-order chi connectivity index (χ0) is 16.9. The average molecular weight is 329 g/mol. The van der Waals surface area contributed by atoms with Crippen molar-refractivity contribution in [3.8, 4) is 0 Å². The lowest BCUT2D eigenvalue weighted by Crippen LogP contribution is -2.37. The third-order valence-corrected chi connectivity index (χ3v) is 4.09. The standard InChI is InChI=1S/C16H22F3N3O/c17-16(18,19)11-22-7-6-12(10-22)9-21-15(23)14(8-20)13-4-2-1-3-5-13/h1-5,12,14H,6-11,20H2,(H,21,23). The molecule has 3 N–H and O–H groups in total. The maximum absolute atomic E-state index is 12.4. The second-order valence-corrected chi connectivity index (χ2v) is 5.95. The van der Waals surface area contributed by atoms with Crippen LogP contribution in [0.25, 0.3) is 0 Å². The van der Waals surface area contributed by atoms with Crippen LogP contribution in [0.15, 0.2) is 30.3 Å². The van der Waals surface area contributed by atoms with Crippen molar-refractivity contribution >= 4 is 5.91 Å². The molecule has 7 heteroatoms. The Labute approximate surface area is 133 Å². The number of rotatable bonds is 6. The minimum atomic E-state index is -4.17. The number of carbonyl (C=O) groups excluding carboxylic acids is 1. The van der Waals surface area contributed by atoms with E-state index in [1.165, 1.54) is 4.90 Å². The topological polar surface area (TPSA) is 58.4 Å². The van der Waals surface area contributed by atoms with E-state index in [9.17, 15) is 18.0 Å². The maximum atomic E-state index is 12.4. The molecule has 1 aliphatic rings. The second kappa shape index (κ2) is 7.79. The van der Waals surface area contributed by atoms with Gasteiger partial charge in [0.1, 0.15) is 0 Å². The Morgan fingerprint density at radius 2 is 2.04 bits per heavy atom. The van der Waals surface area contributed by atoms with Crippen LogP contribution >= 0.6 is 0 Å². The van der Waals surface area contributed by atoms with Gasteiger partial charge in [-0.1, -0.05) is 30.3 Å². The first-order chi connectivity index (χ1) is 10.9. The van der Waals surface area contributed by atoms with Crippen LogP contribution in [-0.2, 0) is 4.79 Å². The zero-order valence-electron chi connectivity index (χ0n) is 12.9. The highest BCUT2D eigenvalue weighted by Crippen LogP contribution is 2.22. The van der Waals surface area contributed by atoms with Crippen LogP contribution in [0.3, 0.4) is 0 Å². The van der Waals surface area contributed by atoms with Crippen LogP contribution in [0.1, 0.15) is 17.9 Å². The largest absolute Gasteiger partial charge is 0.401 e. The van der Waals surface area contributed by atoms with Crippen molar-refractivity contribution in [2.45, 2.75) is 18.5 Å².